The van der Waals surface area contributed by atoms with Crippen molar-refractivity contribution in [2.75, 3.05) is 19.1 Å². The van der Waals surface area contributed by atoms with Crippen LogP contribution in [0.4, 0.5) is 4.39 Å². The Morgan fingerprint density at radius 1 is 1.50 bits per heavy atom. The predicted molar refractivity (Wildman–Crippen MR) is 74.4 cm³/mol. The zero-order valence-electron chi connectivity index (χ0n) is 10.9. The fraction of sp³-hybridized carbons (Fsp3) is 0.231. The van der Waals surface area contributed by atoms with E-state index in [9.17, 15) is 14.0 Å². The number of ether oxygens (including phenoxy) is 1. The second-order valence-electron chi connectivity index (χ2n) is 3.97. The number of esters is 1. The summed E-state index contributed by atoms with van der Waals surface area (Å²) in [5.41, 5.74) is 2.37. The highest BCUT2D eigenvalue weighted by Gasteiger charge is 2.17. The van der Waals surface area contributed by atoms with Gasteiger partial charge in [0.25, 0.3) is 0 Å². The third kappa shape index (κ3) is 2.34. The molecular formula is C13H12ClFN2O3. The topological polar surface area (TPSA) is 60.3 Å². The second-order valence-corrected chi connectivity index (χ2v) is 4.38. The van der Waals surface area contributed by atoms with Gasteiger partial charge in [-0.25, -0.2) is 9.18 Å². The number of aromatic nitrogens is 1. The Morgan fingerprint density at radius 3 is 2.80 bits per heavy atom. The van der Waals surface area contributed by atoms with E-state index in [4.69, 9.17) is 16.3 Å². The van der Waals surface area contributed by atoms with Gasteiger partial charge in [0.2, 0.25) is 5.43 Å². The van der Waals surface area contributed by atoms with Gasteiger partial charge in [0, 0.05) is 13.2 Å². The molecule has 1 N–H and O–H groups in total. The molecule has 0 aliphatic rings. The molecule has 1 heterocycles. The van der Waals surface area contributed by atoms with Gasteiger partial charge in [-0.15, -0.1) is 0 Å². The molecule has 7 heteroatoms. The smallest absolute Gasteiger partial charge is 0.343 e. The summed E-state index contributed by atoms with van der Waals surface area (Å²) in [6.45, 7) is 1.78. The van der Waals surface area contributed by atoms with Crippen molar-refractivity contribution in [2.24, 2.45) is 0 Å². The second kappa shape index (κ2) is 5.50. The number of carbonyl (C=O) groups is 1. The van der Waals surface area contributed by atoms with Crippen LogP contribution in [-0.2, 0) is 4.74 Å². The Balaban J connectivity index is 2.81. The maximum atomic E-state index is 13.5. The third-order valence-electron chi connectivity index (χ3n) is 2.78. The van der Waals surface area contributed by atoms with Crippen molar-refractivity contribution in [3.8, 4) is 0 Å². The minimum atomic E-state index is -0.751. The monoisotopic (exact) mass is 298 g/mol. The van der Waals surface area contributed by atoms with Gasteiger partial charge < -0.3 is 10.2 Å². The first kappa shape index (κ1) is 14.3. The van der Waals surface area contributed by atoms with Crippen LogP contribution in [-0.4, -0.2) is 24.3 Å². The van der Waals surface area contributed by atoms with Gasteiger partial charge in [-0.2, -0.15) is 0 Å². The Hall–Kier alpha value is -2.08. The summed E-state index contributed by atoms with van der Waals surface area (Å²) in [6.07, 6.45) is 1.30. The molecule has 0 spiro atoms. The molecule has 5 nitrogen and oxygen atoms in total. The van der Waals surface area contributed by atoms with Gasteiger partial charge >= 0.3 is 5.97 Å². The lowest BCUT2D eigenvalue weighted by atomic mass is 10.1. The number of hydrogen-bond acceptors (Lipinski definition) is 4. The molecule has 2 aromatic rings. The first-order valence-corrected chi connectivity index (χ1v) is 6.26. The molecule has 0 fully saturated rings. The molecular weight excluding hydrogens is 287 g/mol. The van der Waals surface area contributed by atoms with Crippen molar-refractivity contribution in [1.29, 1.82) is 0 Å². The molecule has 0 saturated heterocycles. The van der Waals surface area contributed by atoms with Crippen LogP contribution < -0.4 is 10.9 Å². The number of carbonyl (C=O) groups excluding carboxylic acids is 1. The van der Waals surface area contributed by atoms with Gasteiger partial charge in [0.05, 0.1) is 22.5 Å². The molecule has 106 valence electrons. The highest BCUT2D eigenvalue weighted by Crippen LogP contribution is 2.21. The summed E-state index contributed by atoms with van der Waals surface area (Å²) in [5, 5.41) is -0.0587. The maximum absolute atomic E-state index is 13.5. The van der Waals surface area contributed by atoms with E-state index in [1.165, 1.54) is 16.9 Å². The molecule has 0 unspecified atom stereocenters. The highest BCUT2D eigenvalue weighted by atomic mass is 35.5. The van der Waals surface area contributed by atoms with Crippen LogP contribution in [0, 0.1) is 5.82 Å². The molecule has 1 aromatic carbocycles. The van der Waals surface area contributed by atoms with Gasteiger partial charge in [-0.3, -0.25) is 9.47 Å². The molecule has 0 aliphatic heterocycles. The van der Waals surface area contributed by atoms with Crippen LogP contribution in [0.5, 0.6) is 0 Å². The van der Waals surface area contributed by atoms with Crippen molar-refractivity contribution in [3.05, 3.63) is 45.0 Å². The number of nitrogens with one attached hydrogen (secondary N) is 1. The van der Waals surface area contributed by atoms with Gasteiger partial charge in [0.1, 0.15) is 11.4 Å². The van der Waals surface area contributed by atoms with Gasteiger partial charge in [-0.1, -0.05) is 11.6 Å². The first-order valence-electron chi connectivity index (χ1n) is 5.88. The van der Waals surface area contributed by atoms with E-state index < -0.39 is 17.2 Å². The molecule has 0 saturated carbocycles. The number of hydrogen-bond donors (Lipinski definition) is 1. The van der Waals surface area contributed by atoms with Crippen LogP contribution in [0.25, 0.3) is 10.9 Å². The van der Waals surface area contributed by atoms with Crippen molar-refractivity contribution < 1.29 is 13.9 Å². The first-order chi connectivity index (χ1) is 9.49. The van der Waals surface area contributed by atoms with E-state index in [0.717, 1.165) is 6.07 Å². The third-order valence-corrected chi connectivity index (χ3v) is 3.07. The van der Waals surface area contributed by atoms with Crippen LogP contribution in [0.3, 0.4) is 0 Å². The Morgan fingerprint density at radius 2 is 2.20 bits per heavy atom. The summed E-state index contributed by atoms with van der Waals surface area (Å²) in [6, 6.07) is 2.33. The van der Waals surface area contributed by atoms with Gasteiger partial charge in [0.15, 0.2) is 0 Å². The lowest BCUT2D eigenvalue weighted by molar-refractivity contribution is 0.0524. The number of fused-ring (bicyclic) bond motifs is 1. The summed E-state index contributed by atoms with van der Waals surface area (Å²) in [5.74, 6) is -1.47. The number of halogens is 2. The lowest BCUT2D eigenvalue weighted by Gasteiger charge is -2.12. The maximum Gasteiger partial charge on any atom is 0.343 e. The highest BCUT2D eigenvalue weighted by molar-refractivity contribution is 6.31. The van der Waals surface area contributed by atoms with E-state index in [1.807, 2.05) is 0 Å². The summed E-state index contributed by atoms with van der Waals surface area (Å²) < 4.78 is 19.8. The minimum Gasteiger partial charge on any atom is -0.462 e. The fourth-order valence-corrected chi connectivity index (χ4v) is 2.02. The van der Waals surface area contributed by atoms with Crippen molar-refractivity contribution in [2.45, 2.75) is 6.92 Å². The Labute approximate surface area is 118 Å². The molecule has 2 rings (SSSR count). The average molecular weight is 299 g/mol. The quantitative estimate of drug-likeness (QED) is 0.882. The van der Waals surface area contributed by atoms with Crippen LogP contribution >= 0.6 is 11.6 Å². The average Bonchev–Trinajstić information content (AvgIpc) is 2.42. The number of benzene rings is 1. The standard InChI is InChI=1S/C13H12ClFN2O3/c1-3-20-13(19)8-6-17(16-2)11-5-9(14)10(15)4-7(11)12(8)18/h4-6,16H,3H2,1-2H3. The Kier molecular flexibility index (Phi) is 3.94. The zero-order chi connectivity index (χ0) is 14.9. The fourth-order valence-electron chi connectivity index (χ4n) is 1.86. The molecule has 0 aliphatic carbocycles. The number of pyridine rings is 1. The summed E-state index contributed by atoms with van der Waals surface area (Å²) >= 11 is 5.71. The van der Waals surface area contributed by atoms with Crippen molar-refractivity contribution >= 4 is 28.5 Å². The molecule has 0 bridgehead atoms. The minimum absolute atomic E-state index is 0.0480. The summed E-state index contributed by atoms with van der Waals surface area (Å²) in [4.78, 5) is 24.0. The van der Waals surface area contributed by atoms with E-state index >= 15 is 0 Å². The van der Waals surface area contributed by atoms with E-state index in [-0.39, 0.29) is 22.6 Å². The number of rotatable bonds is 3. The zero-order valence-corrected chi connectivity index (χ0v) is 11.6. The van der Waals surface area contributed by atoms with Crippen LogP contribution in [0.2, 0.25) is 5.02 Å². The molecule has 1 aromatic heterocycles. The molecule has 20 heavy (non-hydrogen) atoms. The summed E-state index contributed by atoms with van der Waals surface area (Å²) in [7, 11) is 1.59. The molecule has 0 radical (unpaired) electrons. The van der Waals surface area contributed by atoms with Crippen LogP contribution in [0.1, 0.15) is 17.3 Å². The molecule has 0 amide bonds. The largest absolute Gasteiger partial charge is 0.462 e. The van der Waals surface area contributed by atoms with Crippen LogP contribution in [0.15, 0.2) is 23.1 Å². The van der Waals surface area contributed by atoms with E-state index in [0.29, 0.717) is 5.52 Å². The lowest BCUT2D eigenvalue weighted by Crippen LogP contribution is -2.23. The van der Waals surface area contributed by atoms with Crippen molar-refractivity contribution in [1.82, 2.24) is 4.68 Å². The van der Waals surface area contributed by atoms with Gasteiger partial charge in [-0.05, 0) is 19.1 Å². The van der Waals surface area contributed by atoms with E-state index in [1.54, 1.807) is 14.0 Å². The SMILES string of the molecule is CCOC(=O)c1cn(NC)c2cc(Cl)c(F)cc2c1=O. The Bertz CT molecular complexity index is 742. The van der Waals surface area contributed by atoms with E-state index in [2.05, 4.69) is 5.43 Å². The number of nitrogens with zero attached hydrogens (tertiary/aromatic N) is 1. The van der Waals surface area contributed by atoms with Crippen molar-refractivity contribution in [3.63, 3.8) is 0 Å². The normalized spacial score (nSPS) is 10.6. The predicted octanol–water partition coefficient (Wildman–Crippen LogP) is 2.14. The molecule has 0 atom stereocenters.